The summed E-state index contributed by atoms with van der Waals surface area (Å²) in [6.07, 6.45) is 2.01. The monoisotopic (exact) mass is 670 g/mol. The Morgan fingerprint density at radius 1 is 0.886 bits per heavy atom. The zero-order valence-electron chi connectivity index (χ0n) is 23.5. The zero-order valence-corrected chi connectivity index (χ0v) is 27.6. The van der Waals surface area contributed by atoms with Crippen molar-refractivity contribution in [3.8, 4) is 12.1 Å². The summed E-state index contributed by atoms with van der Waals surface area (Å²) in [5, 5.41) is 20.5. The Kier molecular flexibility index (Phi) is 7.49. The summed E-state index contributed by atoms with van der Waals surface area (Å²) in [4.78, 5) is 46.0. The molecule has 2 saturated heterocycles. The van der Waals surface area contributed by atoms with Crippen LogP contribution in [0, 0.1) is 35.8 Å². The lowest BCUT2D eigenvalue weighted by molar-refractivity contribution is -0.121. The van der Waals surface area contributed by atoms with Crippen molar-refractivity contribution in [1.29, 1.82) is 10.5 Å². The summed E-state index contributed by atoms with van der Waals surface area (Å²) in [5.74, 6) is -0.628. The predicted octanol–water partition coefficient (Wildman–Crippen LogP) is 7.65. The van der Waals surface area contributed by atoms with Crippen molar-refractivity contribution in [2.45, 2.75) is 33.1 Å². The summed E-state index contributed by atoms with van der Waals surface area (Å²) >= 11 is 6.93. The first-order chi connectivity index (χ1) is 21.1. The van der Waals surface area contributed by atoms with Crippen LogP contribution in [-0.2, 0) is 15.0 Å². The molecule has 2 aliphatic heterocycles. The number of fused-ring (bicyclic) bond motifs is 5. The minimum Gasteiger partial charge on any atom is -0.309 e. The fourth-order valence-corrected chi connectivity index (χ4v) is 11.6. The lowest BCUT2D eigenvalue weighted by Gasteiger charge is -2.21. The standard InChI is InChI=1S/C29H18N8O2S5/c1-7-36-25(38)23(43-27(36)13(11-30)32-5)34-17-9-15-19(29(17,3)4)21-22(40-15)20-16(41-21)10-18(42-20)35-24-26(39)37(8-2)28(44-24)14(12-31)33-6/h9-10H,7-8H2,1-4H3/b27-13+,28-14-,34-23?,35-24?. The van der Waals surface area contributed by atoms with Gasteiger partial charge in [-0.15, -0.1) is 34.0 Å². The fourth-order valence-electron chi connectivity index (χ4n) is 5.05. The van der Waals surface area contributed by atoms with Gasteiger partial charge in [-0.2, -0.15) is 0 Å². The Balaban J connectivity index is 1.36. The van der Waals surface area contributed by atoms with Gasteiger partial charge in [-0.05, 0) is 31.6 Å². The van der Waals surface area contributed by atoms with Crippen molar-refractivity contribution in [2.24, 2.45) is 9.98 Å². The molecule has 0 spiro atoms. The number of hydrogen-bond donors (Lipinski definition) is 0. The van der Waals surface area contributed by atoms with Gasteiger partial charge >= 0.3 is 0 Å². The Morgan fingerprint density at radius 3 is 1.98 bits per heavy atom. The lowest BCUT2D eigenvalue weighted by atomic mass is 9.86. The Morgan fingerprint density at radius 2 is 1.45 bits per heavy atom. The summed E-state index contributed by atoms with van der Waals surface area (Å²) in [6, 6.07) is 5.72. The van der Waals surface area contributed by atoms with Crippen LogP contribution in [0.25, 0.3) is 34.6 Å². The van der Waals surface area contributed by atoms with Crippen LogP contribution in [0.5, 0.6) is 0 Å². The van der Waals surface area contributed by atoms with E-state index >= 15 is 0 Å². The number of thioether (sulfide) groups is 2. The highest BCUT2D eigenvalue weighted by atomic mass is 32.2. The summed E-state index contributed by atoms with van der Waals surface area (Å²) in [7, 11) is 0. The second-order valence-corrected chi connectivity index (χ2v) is 15.0. The van der Waals surface area contributed by atoms with Crippen molar-refractivity contribution in [3.05, 3.63) is 66.5 Å². The minimum atomic E-state index is -0.487. The first-order valence-corrected chi connectivity index (χ1v) is 17.1. The van der Waals surface area contributed by atoms with Crippen LogP contribution in [0.4, 0.5) is 5.00 Å². The first-order valence-electron chi connectivity index (χ1n) is 13.0. The molecule has 15 heteroatoms. The molecule has 0 atom stereocenters. The minimum absolute atomic E-state index is 0.121. The molecule has 1 aliphatic carbocycles. The molecule has 0 unspecified atom stereocenters. The molecule has 0 bridgehead atoms. The fraction of sp³-hybridized carbons (Fsp3) is 0.241. The Bertz CT molecular complexity index is 2150. The first kappa shape index (κ1) is 29.8. The highest BCUT2D eigenvalue weighted by Gasteiger charge is 2.41. The average Bonchev–Trinajstić information content (AvgIpc) is 3.80. The number of hydrogen-bond acceptors (Lipinski definition) is 11. The van der Waals surface area contributed by atoms with E-state index in [1.165, 1.54) is 21.1 Å². The molecular weight excluding hydrogens is 653 g/mol. The number of allylic oxidation sites excluding steroid dienone is 3. The molecule has 0 radical (unpaired) electrons. The molecule has 44 heavy (non-hydrogen) atoms. The number of nitrogens with zero attached hydrogens (tertiary/aromatic N) is 8. The number of rotatable bonds is 4. The average molecular weight is 671 g/mol. The van der Waals surface area contributed by atoms with Crippen LogP contribution in [0.1, 0.15) is 38.1 Å². The van der Waals surface area contributed by atoms with Crippen molar-refractivity contribution in [2.75, 3.05) is 13.1 Å². The number of carbonyl (C=O) groups is 2. The molecule has 3 aliphatic rings. The predicted molar refractivity (Wildman–Crippen MR) is 179 cm³/mol. The van der Waals surface area contributed by atoms with E-state index in [0.717, 1.165) is 58.5 Å². The van der Waals surface area contributed by atoms with Crippen molar-refractivity contribution < 1.29 is 9.59 Å². The van der Waals surface area contributed by atoms with Crippen molar-refractivity contribution in [3.63, 3.8) is 0 Å². The maximum absolute atomic E-state index is 13.1. The number of thiophene rings is 3. The van der Waals surface area contributed by atoms with E-state index in [1.54, 1.807) is 36.5 Å². The maximum Gasteiger partial charge on any atom is 0.291 e. The normalized spacial score (nSPS) is 21.6. The number of carbonyl (C=O) groups excluding carboxylic acids is 2. The molecular formula is C29H18N8O2S5. The molecule has 3 aromatic rings. The van der Waals surface area contributed by atoms with Gasteiger partial charge in [0.2, 0.25) is 0 Å². The van der Waals surface area contributed by atoms with Crippen LogP contribution in [0.2, 0.25) is 0 Å². The van der Waals surface area contributed by atoms with Crippen LogP contribution in [-0.4, -0.2) is 44.8 Å². The van der Waals surface area contributed by atoms with E-state index in [-0.39, 0.29) is 33.3 Å². The van der Waals surface area contributed by atoms with Gasteiger partial charge in [0.05, 0.1) is 45.1 Å². The van der Waals surface area contributed by atoms with Crippen molar-refractivity contribution in [1.82, 2.24) is 9.80 Å². The molecule has 6 rings (SSSR count). The van der Waals surface area contributed by atoms with E-state index in [0.29, 0.717) is 28.1 Å². The Hall–Kier alpha value is -4.22. The smallest absolute Gasteiger partial charge is 0.291 e. The molecule has 2 amide bonds. The second kappa shape index (κ2) is 11.0. The SMILES string of the molecule is [C-]#[N+]/C(C#N)=C1\SC(=Nc2cc3sc4c5c(sc4c3s2)C=C(N=C2S/C(=C(\C#N)[N+]#[C-])N(CC)C2=O)C5(C)C)C(=O)N1CC. The van der Waals surface area contributed by atoms with Crippen LogP contribution in [0.15, 0.2) is 43.2 Å². The third-order valence-corrected chi connectivity index (χ3v) is 13.0. The van der Waals surface area contributed by atoms with E-state index < -0.39 is 5.41 Å². The van der Waals surface area contributed by atoms with Gasteiger partial charge < -0.3 is 9.80 Å². The van der Waals surface area contributed by atoms with E-state index in [9.17, 15) is 20.1 Å². The molecule has 3 aromatic heterocycles. The molecule has 0 aromatic carbocycles. The molecule has 5 heterocycles. The number of nitriles is 2. The van der Waals surface area contributed by atoms with E-state index in [1.807, 2.05) is 24.3 Å². The molecule has 10 nitrogen and oxygen atoms in total. The van der Waals surface area contributed by atoms with Gasteiger partial charge in [-0.1, -0.05) is 37.4 Å². The van der Waals surface area contributed by atoms with Gasteiger partial charge in [-0.25, -0.2) is 30.2 Å². The highest BCUT2D eigenvalue weighted by molar-refractivity contribution is 8.20. The lowest BCUT2D eigenvalue weighted by Crippen LogP contribution is -2.27. The van der Waals surface area contributed by atoms with Gasteiger partial charge in [-0.3, -0.25) is 9.59 Å². The zero-order chi connectivity index (χ0) is 31.5. The molecule has 216 valence electrons. The third kappa shape index (κ3) is 4.40. The van der Waals surface area contributed by atoms with Crippen LogP contribution in [0.3, 0.4) is 0 Å². The number of aliphatic imine (C=N–C) groups is 2. The summed E-state index contributed by atoms with van der Waals surface area (Å²) in [5.41, 5.74) is 1.16. The largest absolute Gasteiger partial charge is 0.309 e. The van der Waals surface area contributed by atoms with Crippen LogP contribution >= 0.6 is 57.5 Å². The van der Waals surface area contributed by atoms with E-state index in [4.69, 9.17) is 18.1 Å². The Labute approximate surface area is 272 Å². The third-order valence-electron chi connectivity index (χ3n) is 7.17. The van der Waals surface area contributed by atoms with Crippen LogP contribution < -0.4 is 0 Å². The molecule has 0 N–H and O–H groups in total. The molecule has 0 saturated carbocycles. The van der Waals surface area contributed by atoms with Crippen molar-refractivity contribution >= 4 is 109 Å². The van der Waals surface area contributed by atoms with Gasteiger partial charge in [0, 0.05) is 28.1 Å². The second-order valence-electron chi connectivity index (χ2n) is 9.93. The topological polar surface area (TPSA) is 122 Å². The molecule has 2 fully saturated rings. The van der Waals surface area contributed by atoms with E-state index in [2.05, 4.69) is 28.5 Å². The van der Waals surface area contributed by atoms with Gasteiger partial charge in [0.15, 0.2) is 10.1 Å². The number of amides is 2. The maximum atomic E-state index is 13.1. The summed E-state index contributed by atoms with van der Waals surface area (Å²) < 4.78 is 4.40. The highest BCUT2D eigenvalue weighted by Crippen LogP contribution is 2.56. The quantitative estimate of drug-likeness (QED) is 0.208. The summed E-state index contributed by atoms with van der Waals surface area (Å²) in [6.45, 7) is 23.0. The van der Waals surface area contributed by atoms with Gasteiger partial charge in [0.1, 0.15) is 15.1 Å². The van der Waals surface area contributed by atoms with Gasteiger partial charge in [0.25, 0.3) is 23.2 Å².